The molecular weight excluding hydrogens is 247 g/mol. The zero-order valence-electron chi connectivity index (χ0n) is 7.65. The molecule has 0 saturated heterocycles. The SMILES string of the molecule is O=Cc1c(F)cc2c(c1Br)CCCC2. The summed E-state index contributed by atoms with van der Waals surface area (Å²) in [6.45, 7) is 0. The Morgan fingerprint density at radius 3 is 2.79 bits per heavy atom. The molecule has 1 aliphatic rings. The Bertz CT molecular complexity index is 387. The minimum Gasteiger partial charge on any atom is -0.298 e. The van der Waals surface area contributed by atoms with Gasteiger partial charge in [0.05, 0.1) is 5.56 Å². The first-order valence-corrected chi connectivity index (χ1v) is 5.48. The van der Waals surface area contributed by atoms with E-state index in [-0.39, 0.29) is 5.56 Å². The summed E-state index contributed by atoms with van der Waals surface area (Å²) in [6, 6.07) is 1.50. The van der Waals surface area contributed by atoms with Crippen LogP contribution in [0.3, 0.4) is 0 Å². The number of aldehydes is 1. The predicted molar refractivity (Wildman–Crippen MR) is 56.1 cm³/mol. The van der Waals surface area contributed by atoms with Gasteiger partial charge in [0.25, 0.3) is 0 Å². The van der Waals surface area contributed by atoms with Crippen LogP contribution in [0, 0.1) is 5.82 Å². The van der Waals surface area contributed by atoms with Crippen molar-refractivity contribution in [3.05, 3.63) is 33.0 Å². The molecular formula is C11H10BrFO. The molecule has 0 spiro atoms. The first-order chi connectivity index (χ1) is 6.74. The molecule has 0 radical (unpaired) electrons. The zero-order valence-corrected chi connectivity index (χ0v) is 9.23. The number of aryl methyl sites for hydroxylation is 1. The second-order valence-corrected chi connectivity index (χ2v) is 4.34. The van der Waals surface area contributed by atoms with E-state index in [1.807, 2.05) is 0 Å². The Morgan fingerprint density at radius 2 is 2.07 bits per heavy atom. The van der Waals surface area contributed by atoms with Gasteiger partial charge in [0.1, 0.15) is 5.82 Å². The summed E-state index contributed by atoms with van der Waals surface area (Å²) in [5.74, 6) is -0.410. The lowest BCUT2D eigenvalue weighted by molar-refractivity contribution is 0.111. The maximum Gasteiger partial charge on any atom is 0.154 e. The second-order valence-electron chi connectivity index (χ2n) is 3.55. The number of hydrogen-bond acceptors (Lipinski definition) is 1. The lowest BCUT2D eigenvalue weighted by Crippen LogP contribution is -2.07. The number of rotatable bonds is 1. The summed E-state index contributed by atoms with van der Waals surface area (Å²) in [7, 11) is 0. The molecule has 0 saturated carbocycles. The average Bonchev–Trinajstić information content (AvgIpc) is 2.18. The van der Waals surface area contributed by atoms with Gasteiger partial charge in [-0.1, -0.05) is 0 Å². The van der Waals surface area contributed by atoms with Crippen molar-refractivity contribution >= 4 is 22.2 Å². The third-order valence-electron chi connectivity index (χ3n) is 2.69. The van der Waals surface area contributed by atoms with Gasteiger partial charge in [-0.25, -0.2) is 4.39 Å². The summed E-state index contributed by atoms with van der Waals surface area (Å²) < 4.78 is 14.0. The van der Waals surface area contributed by atoms with Crippen LogP contribution in [0.1, 0.15) is 34.3 Å². The Hall–Kier alpha value is -0.700. The van der Waals surface area contributed by atoms with Crippen molar-refractivity contribution in [3.63, 3.8) is 0 Å². The van der Waals surface area contributed by atoms with E-state index in [4.69, 9.17) is 0 Å². The van der Waals surface area contributed by atoms with E-state index < -0.39 is 5.82 Å². The van der Waals surface area contributed by atoms with Crippen LogP contribution in [-0.2, 0) is 12.8 Å². The number of hydrogen-bond donors (Lipinski definition) is 0. The first-order valence-electron chi connectivity index (χ1n) is 4.69. The molecule has 1 aromatic carbocycles. The van der Waals surface area contributed by atoms with E-state index in [1.54, 1.807) is 0 Å². The van der Waals surface area contributed by atoms with Gasteiger partial charge in [-0.15, -0.1) is 0 Å². The molecule has 0 fully saturated rings. The van der Waals surface area contributed by atoms with Gasteiger partial charge in [-0.05, 0) is 58.8 Å². The molecule has 3 heteroatoms. The summed E-state index contributed by atoms with van der Waals surface area (Å²) in [5, 5.41) is 0. The quantitative estimate of drug-likeness (QED) is 0.705. The molecule has 1 aromatic rings. The molecule has 0 aromatic heterocycles. The molecule has 0 aliphatic heterocycles. The van der Waals surface area contributed by atoms with E-state index in [9.17, 15) is 9.18 Å². The van der Waals surface area contributed by atoms with E-state index in [0.29, 0.717) is 10.8 Å². The minimum absolute atomic E-state index is 0.158. The number of carbonyl (C=O) groups is 1. The maximum atomic E-state index is 13.4. The highest BCUT2D eigenvalue weighted by atomic mass is 79.9. The van der Waals surface area contributed by atoms with Gasteiger partial charge in [-0.2, -0.15) is 0 Å². The molecule has 2 rings (SSSR count). The van der Waals surface area contributed by atoms with Crippen molar-refractivity contribution in [3.8, 4) is 0 Å². The average molecular weight is 257 g/mol. The highest BCUT2D eigenvalue weighted by Crippen LogP contribution is 2.31. The van der Waals surface area contributed by atoms with Crippen molar-refractivity contribution in [2.24, 2.45) is 0 Å². The van der Waals surface area contributed by atoms with E-state index in [2.05, 4.69) is 15.9 Å². The van der Waals surface area contributed by atoms with Crippen LogP contribution in [0.2, 0.25) is 0 Å². The van der Waals surface area contributed by atoms with E-state index in [0.717, 1.165) is 36.8 Å². The topological polar surface area (TPSA) is 17.1 Å². The predicted octanol–water partition coefficient (Wildman–Crippen LogP) is 3.28. The van der Waals surface area contributed by atoms with E-state index >= 15 is 0 Å². The third kappa shape index (κ3) is 1.50. The number of carbonyl (C=O) groups excluding carboxylic acids is 1. The van der Waals surface area contributed by atoms with Gasteiger partial charge < -0.3 is 0 Å². The molecule has 0 amide bonds. The molecule has 74 valence electrons. The molecule has 1 nitrogen and oxygen atoms in total. The number of fused-ring (bicyclic) bond motifs is 1. The lowest BCUT2D eigenvalue weighted by atomic mass is 9.90. The van der Waals surface area contributed by atoms with Crippen LogP contribution in [0.5, 0.6) is 0 Å². The largest absolute Gasteiger partial charge is 0.298 e. The first kappa shape index (κ1) is 9.84. The fourth-order valence-corrected chi connectivity index (χ4v) is 2.68. The van der Waals surface area contributed by atoms with Crippen molar-refractivity contribution in [2.75, 3.05) is 0 Å². The Kier molecular flexibility index (Phi) is 2.68. The van der Waals surface area contributed by atoms with Gasteiger partial charge in [-0.3, -0.25) is 4.79 Å². The molecule has 0 atom stereocenters. The van der Waals surface area contributed by atoms with Gasteiger partial charge in [0.2, 0.25) is 0 Å². The van der Waals surface area contributed by atoms with Crippen LogP contribution in [-0.4, -0.2) is 6.29 Å². The fraction of sp³-hybridized carbons (Fsp3) is 0.364. The zero-order chi connectivity index (χ0) is 10.1. The van der Waals surface area contributed by atoms with Crippen molar-refractivity contribution in [2.45, 2.75) is 25.7 Å². The third-order valence-corrected chi connectivity index (χ3v) is 3.59. The van der Waals surface area contributed by atoms with Gasteiger partial charge >= 0.3 is 0 Å². The lowest BCUT2D eigenvalue weighted by Gasteiger charge is -2.18. The standard InChI is InChI=1S/C11H10BrFO/c12-11-8-4-2-1-3-7(8)5-10(13)9(11)6-14/h5-6H,1-4H2. The smallest absolute Gasteiger partial charge is 0.154 e. The summed E-state index contributed by atoms with van der Waals surface area (Å²) in [6.07, 6.45) is 4.67. The second kappa shape index (κ2) is 3.81. The fourth-order valence-electron chi connectivity index (χ4n) is 1.94. The highest BCUT2D eigenvalue weighted by Gasteiger charge is 2.18. The summed E-state index contributed by atoms with van der Waals surface area (Å²) in [5.41, 5.74) is 2.32. The molecule has 0 unspecified atom stereocenters. The Labute approximate surface area is 90.4 Å². The number of halogens is 2. The Balaban J connectivity index is 2.63. The van der Waals surface area contributed by atoms with Gasteiger partial charge in [0.15, 0.2) is 6.29 Å². The molecule has 0 bridgehead atoms. The van der Waals surface area contributed by atoms with Crippen LogP contribution < -0.4 is 0 Å². The molecule has 0 heterocycles. The van der Waals surface area contributed by atoms with Crippen molar-refractivity contribution in [1.82, 2.24) is 0 Å². The molecule has 0 N–H and O–H groups in total. The Morgan fingerprint density at radius 1 is 1.36 bits per heavy atom. The highest BCUT2D eigenvalue weighted by molar-refractivity contribution is 9.10. The monoisotopic (exact) mass is 256 g/mol. The van der Waals surface area contributed by atoms with Crippen LogP contribution >= 0.6 is 15.9 Å². The van der Waals surface area contributed by atoms with Gasteiger partial charge in [0, 0.05) is 4.47 Å². The summed E-state index contributed by atoms with van der Waals surface area (Å²) in [4.78, 5) is 10.7. The maximum absolute atomic E-state index is 13.4. The normalized spacial score (nSPS) is 15.0. The minimum atomic E-state index is -0.410. The molecule has 14 heavy (non-hydrogen) atoms. The van der Waals surface area contributed by atoms with Crippen molar-refractivity contribution in [1.29, 1.82) is 0 Å². The van der Waals surface area contributed by atoms with E-state index in [1.165, 1.54) is 6.07 Å². The van der Waals surface area contributed by atoms with Crippen LogP contribution in [0.25, 0.3) is 0 Å². The van der Waals surface area contributed by atoms with Crippen LogP contribution in [0.4, 0.5) is 4.39 Å². The molecule has 1 aliphatic carbocycles. The summed E-state index contributed by atoms with van der Waals surface area (Å²) >= 11 is 3.31. The number of benzene rings is 1. The van der Waals surface area contributed by atoms with Crippen LogP contribution in [0.15, 0.2) is 10.5 Å². The van der Waals surface area contributed by atoms with Crippen molar-refractivity contribution < 1.29 is 9.18 Å².